The van der Waals surface area contributed by atoms with E-state index >= 15 is 0 Å². The van der Waals surface area contributed by atoms with Crippen LogP contribution in [0.5, 0.6) is 0 Å². The summed E-state index contributed by atoms with van der Waals surface area (Å²) >= 11 is 0. The summed E-state index contributed by atoms with van der Waals surface area (Å²) in [5.74, 6) is -1.12. The average molecular weight is 407 g/mol. The molecule has 0 aromatic heterocycles. The second kappa shape index (κ2) is 17.5. The second-order valence-electron chi connectivity index (χ2n) is 8.17. The Morgan fingerprint density at radius 2 is 1.34 bits per heavy atom. The van der Waals surface area contributed by atoms with E-state index in [0.29, 0.717) is 19.1 Å². The zero-order chi connectivity index (χ0) is 21.2. The van der Waals surface area contributed by atoms with Crippen LogP contribution in [0.15, 0.2) is 30.3 Å². The first-order valence-corrected chi connectivity index (χ1v) is 11.7. The van der Waals surface area contributed by atoms with Crippen LogP contribution in [0.25, 0.3) is 0 Å². The molecule has 1 aromatic carbocycles. The summed E-state index contributed by atoms with van der Waals surface area (Å²) < 4.78 is 6.23. The number of ether oxygens (including phenoxy) is 1. The standard InChI is InChI=1S/C25H42O4/c1-2-3-4-5-6-7-13-18-23(29-21-22-16-11-10-12-17-22)19-14-8-9-15-20-24(26)25(27)28/h10-12,16-17,23-24,26H,2-9,13-15,18-21H2,1H3,(H,27,28). The molecule has 0 amide bonds. The predicted molar refractivity (Wildman–Crippen MR) is 119 cm³/mol. The molecule has 0 aliphatic rings. The lowest BCUT2D eigenvalue weighted by molar-refractivity contribution is -0.146. The zero-order valence-corrected chi connectivity index (χ0v) is 18.4. The van der Waals surface area contributed by atoms with E-state index in [0.717, 1.165) is 38.5 Å². The number of aliphatic carboxylic acids is 1. The van der Waals surface area contributed by atoms with Gasteiger partial charge in [-0.05, 0) is 24.8 Å². The van der Waals surface area contributed by atoms with Crippen LogP contribution in [0.1, 0.15) is 102 Å². The molecule has 2 unspecified atom stereocenters. The van der Waals surface area contributed by atoms with Crippen LogP contribution >= 0.6 is 0 Å². The summed E-state index contributed by atoms with van der Waals surface area (Å²) in [6, 6.07) is 10.4. The molecule has 4 heteroatoms. The van der Waals surface area contributed by atoms with Crippen molar-refractivity contribution in [1.82, 2.24) is 0 Å². The number of hydrogen-bond acceptors (Lipinski definition) is 3. The van der Waals surface area contributed by atoms with E-state index < -0.39 is 12.1 Å². The molecule has 0 aliphatic heterocycles. The van der Waals surface area contributed by atoms with E-state index in [9.17, 15) is 9.90 Å². The Kier molecular flexibility index (Phi) is 15.4. The van der Waals surface area contributed by atoms with Crippen molar-refractivity contribution in [3.05, 3.63) is 35.9 Å². The molecule has 4 nitrogen and oxygen atoms in total. The zero-order valence-electron chi connectivity index (χ0n) is 18.4. The smallest absolute Gasteiger partial charge is 0.332 e. The van der Waals surface area contributed by atoms with E-state index in [1.807, 2.05) is 6.07 Å². The number of benzene rings is 1. The summed E-state index contributed by atoms with van der Waals surface area (Å²) in [6.45, 7) is 2.93. The lowest BCUT2D eigenvalue weighted by Crippen LogP contribution is -2.18. The van der Waals surface area contributed by atoms with Crippen molar-refractivity contribution in [2.45, 2.75) is 116 Å². The summed E-state index contributed by atoms with van der Waals surface area (Å²) in [5, 5.41) is 18.0. The van der Waals surface area contributed by atoms with Crippen LogP contribution in [0.3, 0.4) is 0 Å². The molecular weight excluding hydrogens is 364 g/mol. The van der Waals surface area contributed by atoms with Crippen LogP contribution in [0.2, 0.25) is 0 Å². The minimum Gasteiger partial charge on any atom is -0.479 e. The van der Waals surface area contributed by atoms with Gasteiger partial charge in [0, 0.05) is 0 Å². The van der Waals surface area contributed by atoms with Crippen LogP contribution in [-0.2, 0) is 16.1 Å². The van der Waals surface area contributed by atoms with Crippen molar-refractivity contribution >= 4 is 5.97 Å². The Balaban J connectivity index is 2.23. The highest BCUT2D eigenvalue weighted by Gasteiger charge is 2.12. The first-order chi connectivity index (χ1) is 14.1. The van der Waals surface area contributed by atoms with Gasteiger partial charge < -0.3 is 14.9 Å². The molecule has 2 N–H and O–H groups in total. The third-order valence-corrected chi connectivity index (χ3v) is 5.50. The highest BCUT2D eigenvalue weighted by atomic mass is 16.5. The topological polar surface area (TPSA) is 66.8 Å². The van der Waals surface area contributed by atoms with Crippen molar-refractivity contribution in [3.8, 4) is 0 Å². The normalized spacial score (nSPS) is 13.3. The highest BCUT2D eigenvalue weighted by molar-refractivity contribution is 5.71. The van der Waals surface area contributed by atoms with Crippen LogP contribution in [0, 0.1) is 0 Å². The van der Waals surface area contributed by atoms with Gasteiger partial charge in [0.15, 0.2) is 6.10 Å². The maximum atomic E-state index is 10.6. The quantitative estimate of drug-likeness (QED) is 0.257. The Morgan fingerprint density at radius 1 is 0.828 bits per heavy atom. The van der Waals surface area contributed by atoms with Crippen molar-refractivity contribution < 1.29 is 19.7 Å². The fourth-order valence-electron chi connectivity index (χ4n) is 3.62. The largest absolute Gasteiger partial charge is 0.479 e. The molecular formula is C25H42O4. The third-order valence-electron chi connectivity index (χ3n) is 5.50. The number of hydrogen-bond donors (Lipinski definition) is 2. The van der Waals surface area contributed by atoms with Crippen molar-refractivity contribution in [3.63, 3.8) is 0 Å². The number of carboxylic acid groups (broad SMARTS) is 1. The van der Waals surface area contributed by atoms with Gasteiger partial charge in [0.05, 0.1) is 12.7 Å². The fraction of sp³-hybridized carbons (Fsp3) is 0.720. The van der Waals surface area contributed by atoms with Gasteiger partial charge in [-0.3, -0.25) is 0 Å². The third kappa shape index (κ3) is 14.3. The number of aliphatic hydroxyl groups is 1. The van der Waals surface area contributed by atoms with Gasteiger partial charge in [-0.15, -0.1) is 0 Å². The fourth-order valence-corrected chi connectivity index (χ4v) is 3.62. The highest BCUT2D eigenvalue weighted by Crippen LogP contribution is 2.18. The Labute approximate surface area is 177 Å². The number of carboxylic acids is 1. The summed E-state index contributed by atoms with van der Waals surface area (Å²) in [5.41, 5.74) is 1.22. The molecule has 2 atom stereocenters. The van der Waals surface area contributed by atoms with Gasteiger partial charge in [-0.1, -0.05) is 108 Å². The molecule has 1 aromatic rings. The monoisotopic (exact) mass is 406 g/mol. The van der Waals surface area contributed by atoms with E-state index in [1.54, 1.807) is 0 Å². The first kappa shape index (κ1) is 25.6. The lowest BCUT2D eigenvalue weighted by Gasteiger charge is -2.18. The van der Waals surface area contributed by atoms with Crippen molar-refractivity contribution in [2.24, 2.45) is 0 Å². The Hall–Kier alpha value is -1.39. The number of unbranched alkanes of at least 4 members (excludes halogenated alkanes) is 9. The maximum absolute atomic E-state index is 10.6. The molecule has 0 aliphatic carbocycles. The van der Waals surface area contributed by atoms with Crippen LogP contribution in [0.4, 0.5) is 0 Å². The molecule has 0 spiro atoms. The van der Waals surface area contributed by atoms with E-state index in [4.69, 9.17) is 9.84 Å². The average Bonchev–Trinajstić information content (AvgIpc) is 2.73. The van der Waals surface area contributed by atoms with Crippen LogP contribution < -0.4 is 0 Å². The van der Waals surface area contributed by atoms with Gasteiger partial charge >= 0.3 is 5.97 Å². The number of rotatable bonds is 19. The summed E-state index contributed by atoms with van der Waals surface area (Å²) in [4.78, 5) is 10.6. The van der Waals surface area contributed by atoms with E-state index in [2.05, 4.69) is 31.2 Å². The SMILES string of the molecule is CCCCCCCCCC(CCCCCCC(O)C(=O)O)OCc1ccccc1. The first-order valence-electron chi connectivity index (χ1n) is 11.7. The minimum absolute atomic E-state index is 0.301. The van der Waals surface area contributed by atoms with Gasteiger partial charge in [0.1, 0.15) is 0 Å². The second-order valence-corrected chi connectivity index (χ2v) is 8.17. The summed E-state index contributed by atoms with van der Waals surface area (Å²) in [7, 11) is 0. The molecule has 0 saturated carbocycles. The molecule has 166 valence electrons. The molecule has 0 saturated heterocycles. The predicted octanol–water partition coefficient (Wildman–Crippen LogP) is 6.50. The maximum Gasteiger partial charge on any atom is 0.332 e. The molecule has 0 heterocycles. The van der Waals surface area contributed by atoms with Crippen molar-refractivity contribution in [2.75, 3.05) is 0 Å². The Bertz CT molecular complexity index is 503. The van der Waals surface area contributed by atoms with Gasteiger partial charge in [-0.2, -0.15) is 0 Å². The van der Waals surface area contributed by atoms with E-state index in [-0.39, 0.29) is 0 Å². The van der Waals surface area contributed by atoms with Crippen LogP contribution in [-0.4, -0.2) is 28.4 Å². The molecule has 0 radical (unpaired) electrons. The van der Waals surface area contributed by atoms with Gasteiger partial charge in [-0.25, -0.2) is 4.79 Å². The van der Waals surface area contributed by atoms with Gasteiger partial charge in [0.25, 0.3) is 0 Å². The number of aliphatic hydroxyl groups excluding tert-OH is 1. The molecule has 1 rings (SSSR count). The molecule has 29 heavy (non-hydrogen) atoms. The molecule has 0 bridgehead atoms. The van der Waals surface area contributed by atoms with Crippen molar-refractivity contribution in [1.29, 1.82) is 0 Å². The number of carbonyl (C=O) groups is 1. The molecule has 0 fully saturated rings. The van der Waals surface area contributed by atoms with E-state index in [1.165, 1.54) is 50.5 Å². The summed E-state index contributed by atoms with van der Waals surface area (Å²) in [6.07, 6.45) is 14.7. The lowest BCUT2D eigenvalue weighted by atomic mass is 10.0. The Morgan fingerprint density at radius 3 is 1.90 bits per heavy atom. The van der Waals surface area contributed by atoms with Gasteiger partial charge in [0.2, 0.25) is 0 Å². The minimum atomic E-state index is -1.21.